The predicted octanol–water partition coefficient (Wildman–Crippen LogP) is 1.35. The number of anilines is 1. The van der Waals surface area contributed by atoms with E-state index in [1.165, 1.54) is 12.1 Å². The van der Waals surface area contributed by atoms with E-state index < -0.39 is 4.92 Å². The second-order valence-electron chi connectivity index (χ2n) is 5.14. The molecule has 3 rings (SSSR count). The zero-order chi connectivity index (χ0) is 16.2. The van der Waals surface area contributed by atoms with Gasteiger partial charge in [-0.1, -0.05) is 12.1 Å². The highest BCUT2D eigenvalue weighted by Crippen LogP contribution is 2.21. The molecule has 118 valence electrons. The first-order valence-corrected chi connectivity index (χ1v) is 7.22. The van der Waals surface area contributed by atoms with Gasteiger partial charge in [0, 0.05) is 38.4 Å². The van der Waals surface area contributed by atoms with E-state index >= 15 is 0 Å². The Hall–Kier alpha value is -3.03. The van der Waals surface area contributed by atoms with Crippen molar-refractivity contribution >= 4 is 17.4 Å². The molecule has 1 aromatic carbocycles. The van der Waals surface area contributed by atoms with Crippen LogP contribution in [0.15, 0.2) is 42.6 Å². The smallest absolute Gasteiger partial charge is 0.282 e. The van der Waals surface area contributed by atoms with Gasteiger partial charge in [-0.15, -0.1) is 5.10 Å². The van der Waals surface area contributed by atoms with Gasteiger partial charge in [0.05, 0.1) is 4.92 Å². The molecule has 1 aliphatic heterocycles. The molecule has 2 heterocycles. The highest BCUT2D eigenvalue weighted by atomic mass is 16.6. The first kappa shape index (κ1) is 14.9. The summed E-state index contributed by atoms with van der Waals surface area (Å²) in [4.78, 5) is 26.7. The maximum absolute atomic E-state index is 12.5. The SMILES string of the molecule is O=C(c1ccccc1[N+](=O)[O-])N1CCN(c2cccnn2)CC1. The zero-order valence-electron chi connectivity index (χ0n) is 12.3. The predicted molar refractivity (Wildman–Crippen MR) is 83.2 cm³/mol. The number of carbonyl (C=O) groups is 1. The summed E-state index contributed by atoms with van der Waals surface area (Å²) in [5.41, 5.74) is -0.0284. The van der Waals surface area contributed by atoms with Crippen LogP contribution in [0.5, 0.6) is 0 Å². The normalized spacial score (nSPS) is 14.6. The Morgan fingerprint density at radius 1 is 1.09 bits per heavy atom. The second-order valence-corrected chi connectivity index (χ2v) is 5.14. The van der Waals surface area contributed by atoms with Gasteiger partial charge in [-0.3, -0.25) is 14.9 Å². The molecule has 0 atom stereocenters. The molecular formula is C15H15N5O3. The van der Waals surface area contributed by atoms with E-state index in [9.17, 15) is 14.9 Å². The molecular weight excluding hydrogens is 298 g/mol. The molecule has 0 radical (unpaired) electrons. The molecule has 8 nitrogen and oxygen atoms in total. The molecule has 1 saturated heterocycles. The molecule has 0 saturated carbocycles. The van der Waals surface area contributed by atoms with Gasteiger partial charge in [0.15, 0.2) is 5.82 Å². The summed E-state index contributed by atoms with van der Waals surface area (Å²) in [6.07, 6.45) is 1.61. The molecule has 0 N–H and O–H groups in total. The minimum atomic E-state index is -0.525. The number of rotatable bonds is 3. The monoisotopic (exact) mass is 313 g/mol. The molecule has 0 bridgehead atoms. The van der Waals surface area contributed by atoms with Crippen LogP contribution in [0, 0.1) is 10.1 Å². The highest BCUT2D eigenvalue weighted by Gasteiger charge is 2.27. The third-order valence-electron chi connectivity index (χ3n) is 3.78. The quantitative estimate of drug-likeness (QED) is 0.627. The first-order chi connectivity index (χ1) is 11.2. The zero-order valence-corrected chi connectivity index (χ0v) is 12.3. The fourth-order valence-electron chi connectivity index (χ4n) is 2.58. The molecule has 8 heteroatoms. The summed E-state index contributed by atoms with van der Waals surface area (Å²) < 4.78 is 0. The number of hydrogen-bond donors (Lipinski definition) is 0. The number of amides is 1. The molecule has 1 fully saturated rings. The highest BCUT2D eigenvalue weighted by molar-refractivity contribution is 5.98. The fourth-order valence-corrected chi connectivity index (χ4v) is 2.58. The number of piperazine rings is 1. The standard InChI is InChI=1S/C15H15N5O3/c21-15(12-4-1-2-5-13(12)20(22)23)19-10-8-18(9-11-19)14-6-3-7-16-17-14/h1-7H,8-11H2. The van der Waals surface area contributed by atoms with Gasteiger partial charge < -0.3 is 9.80 Å². The van der Waals surface area contributed by atoms with Crippen molar-refractivity contribution in [1.29, 1.82) is 0 Å². The lowest BCUT2D eigenvalue weighted by molar-refractivity contribution is -0.385. The van der Waals surface area contributed by atoms with E-state index in [4.69, 9.17) is 0 Å². The van der Waals surface area contributed by atoms with Gasteiger partial charge in [0.1, 0.15) is 5.56 Å². The van der Waals surface area contributed by atoms with Gasteiger partial charge in [-0.2, -0.15) is 5.10 Å². The Kier molecular flexibility index (Phi) is 4.13. The van der Waals surface area contributed by atoms with Crippen LogP contribution in [-0.4, -0.2) is 52.1 Å². The van der Waals surface area contributed by atoms with E-state index in [0.717, 1.165) is 5.82 Å². The van der Waals surface area contributed by atoms with Crippen molar-refractivity contribution in [3.63, 3.8) is 0 Å². The summed E-state index contributed by atoms with van der Waals surface area (Å²) in [5.74, 6) is 0.460. The largest absolute Gasteiger partial charge is 0.352 e. The molecule has 0 aliphatic carbocycles. The van der Waals surface area contributed by atoms with Crippen LogP contribution in [0.1, 0.15) is 10.4 Å². The maximum atomic E-state index is 12.5. The van der Waals surface area contributed by atoms with Crippen molar-refractivity contribution in [2.24, 2.45) is 0 Å². The average molecular weight is 313 g/mol. The van der Waals surface area contributed by atoms with Crippen LogP contribution in [0.25, 0.3) is 0 Å². The fraction of sp³-hybridized carbons (Fsp3) is 0.267. The van der Waals surface area contributed by atoms with Crippen molar-refractivity contribution in [1.82, 2.24) is 15.1 Å². The topological polar surface area (TPSA) is 92.5 Å². The number of nitro groups is 1. The van der Waals surface area contributed by atoms with Crippen LogP contribution >= 0.6 is 0 Å². The molecule has 2 aromatic rings. The Labute approximate surface area is 132 Å². The van der Waals surface area contributed by atoms with Gasteiger partial charge in [0.2, 0.25) is 0 Å². The summed E-state index contributed by atoms with van der Waals surface area (Å²) in [6.45, 7) is 2.21. The van der Waals surface area contributed by atoms with E-state index in [0.29, 0.717) is 26.2 Å². The summed E-state index contributed by atoms with van der Waals surface area (Å²) in [5, 5.41) is 19.0. The van der Waals surface area contributed by atoms with Crippen molar-refractivity contribution in [3.05, 3.63) is 58.3 Å². The summed E-state index contributed by atoms with van der Waals surface area (Å²) in [7, 11) is 0. The number of hydrogen-bond acceptors (Lipinski definition) is 6. The lowest BCUT2D eigenvalue weighted by Crippen LogP contribution is -2.49. The van der Waals surface area contributed by atoms with E-state index in [-0.39, 0.29) is 17.2 Å². The molecule has 23 heavy (non-hydrogen) atoms. The molecule has 1 aromatic heterocycles. The Morgan fingerprint density at radius 3 is 2.48 bits per heavy atom. The lowest BCUT2D eigenvalue weighted by Gasteiger charge is -2.35. The van der Waals surface area contributed by atoms with E-state index in [2.05, 4.69) is 10.2 Å². The van der Waals surface area contributed by atoms with Crippen LogP contribution in [0.3, 0.4) is 0 Å². The van der Waals surface area contributed by atoms with Gasteiger partial charge >= 0.3 is 0 Å². The van der Waals surface area contributed by atoms with E-state index in [1.807, 2.05) is 17.0 Å². The van der Waals surface area contributed by atoms with Crippen LogP contribution < -0.4 is 4.90 Å². The molecule has 1 amide bonds. The Balaban J connectivity index is 1.71. The van der Waals surface area contributed by atoms with E-state index in [1.54, 1.807) is 23.2 Å². The number of nitro benzene ring substituents is 1. The Bertz CT molecular complexity index is 714. The van der Waals surface area contributed by atoms with Gasteiger partial charge in [-0.25, -0.2) is 0 Å². The maximum Gasteiger partial charge on any atom is 0.282 e. The minimum Gasteiger partial charge on any atom is -0.352 e. The first-order valence-electron chi connectivity index (χ1n) is 7.22. The van der Waals surface area contributed by atoms with Crippen LogP contribution in [-0.2, 0) is 0 Å². The Morgan fingerprint density at radius 2 is 1.83 bits per heavy atom. The molecule has 1 aliphatic rings. The van der Waals surface area contributed by atoms with Gasteiger partial charge in [-0.05, 0) is 18.2 Å². The average Bonchev–Trinajstić information content (AvgIpc) is 2.62. The summed E-state index contributed by atoms with van der Waals surface area (Å²) in [6, 6.07) is 9.72. The van der Waals surface area contributed by atoms with Crippen molar-refractivity contribution in [2.75, 3.05) is 31.1 Å². The van der Waals surface area contributed by atoms with Crippen molar-refractivity contribution < 1.29 is 9.72 Å². The number of benzene rings is 1. The molecule has 0 unspecified atom stereocenters. The lowest BCUT2D eigenvalue weighted by atomic mass is 10.1. The van der Waals surface area contributed by atoms with Crippen LogP contribution in [0.2, 0.25) is 0 Å². The number of nitrogens with zero attached hydrogens (tertiary/aromatic N) is 5. The minimum absolute atomic E-state index is 0.130. The second kappa shape index (κ2) is 6.39. The van der Waals surface area contributed by atoms with Gasteiger partial charge in [0.25, 0.3) is 11.6 Å². The molecule has 0 spiro atoms. The third kappa shape index (κ3) is 3.10. The third-order valence-corrected chi connectivity index (χ3v) is 3.78. The number of para-hydroxylation sites is 1. The van der Waals surface area contributed by atoms with Crippen LogP contribution in [0.4, 0.5) is 11.5 Å². The van der Waals surface area contributed by atoms with Crippen molar-refractivity contribution in [2.45, 2.75) is 0 Å². The summed E-state index contributed by atoms with van der Waals surface area (Å²) >= 11 is 0. The number of carbonyl (C=O) groups excluding carboxylic acids is 1. The van der Waals surface area contributed by atoms with Crippen molar-refractivity contribution in [3.8, 4) is 0 Å². The number of aromatic nitrogens is 2.